The Morgan fingerprint density at radius 1 is 1.31 bits per heavy atom. The minimum absolute atomic E-state index is 0.00162. The van der Waals surface area contributed by atoms with Gasteiger partial charge < -0.3 is 20.5 Å². The number of ether oxygens (including phenoxy) is 2. The first-order valence-electron chi connectivity index (χ1n) is 10.0. The van der Waals surface area contributed by atoms with Crippen molar-refractivity contribution >= 4 is 51.4 Å². The van der Waals surface area contributed by atoms with Crippen molar-refractivity contribution in [3.8, 4) is 5.75 Å². The minimum atomic E-state index is -0.738. The smallest absolute Gasteiger partial charge is 0.341 e. The topological polar surface area (TPSA) is 169 Å². The van der Waals surface area contributed by atoms with Gasteiger partial charge in [-0.3, -0.25) is 19.7 Å². The Morgan fingerprint density at radius 2 is 2.03 bits per heavy atom. The van der Waals surface area contributed by atoms with E-state index in [4.69, 9.17) is 26.8 Å². The van der Waals surface area contributed by atoms with Crippen molar-refractivity contribution in [3.05, 3.63) is 67.3 Å². The van der Waals surface area contributed by atoms with E-state index in [1.165, 1.54) is 29.1 Å². The molecule has 2 amide bonds. The molecule has 0 saturated heterocycles. The number of amides is 2. The number of esters is 1. The summed E-state index contributed by atoms with van der Waals surface area (Å²) in [6.07, 6.45) is 1.05. The molecule has 0 unspecified atom stereocenters. The van der Waals surface area contributed by atoms with Gasteiger partial charge in [-0.25, -0.2) is 9.48 Å². The molecule has 0 radical (unpaired) electrons. The number of primary amides is 1. The Hall–Kier alpha value is -3.97. The van der Waals surface area contributed by atoms with E-state index in [2.05, 4.69) is 10.4 Å². The maximum absolute atomic E-state index is 12.8. The number of hydrogen-bond donors (Lipinski definition) is 2. The van der Waals surface area contributed by atoms with E-state index in [0.29, 0.717) is 5.56 Å². The van der Waals surface area contributed by atoms with E-state index in [-0.39, 0.29) is 44.3 Å². The highest BCUT2D eigenvalue weighted by Crippen LogP contribution is 2.34. The quantitative estimate of drug-likeness (QED) is 0.243. The van der Waals surface area contributed by atoms with Crippen molar-refractivity contribution in [1.82, 2.24) is 9.78 Å². The molecule has 0 fully saturated rings. The van der Waals surface area contributed by atoms with Crippen LogP contribution in [0.15, 0.2) is 30.5 Å². The summed E-state index contributed by atoms with van der Waals surface area (Å²) in [6.45, 7) is 4.75. The molecular weight excluding hydrogens is 502 g/mol. The normalized spacial score (nSPS) is 10.8. The van der Waals surface area contributed by atoms with Crippen molar-refractivity contribution < 1.29 is 28.8 Å². The maximum Gasteiger partial charge on any atom is 0.341 e. The standard InChI is InChI=1S/C21H20ClN5O7S/c1-10(2)34-21(30)16-11(3)17(18(23)28)35-20(16)24-19(29)14-6-7-26(25-14)9-33-15-5-4-12(27(31)32)8-13(15)22/h4-8,10H,9H2,1-3H3,(H2,23,28)(H,24,29). The number of aromatic nitrogens is 2. The van der Waals surface area contributed by atoms with E-state index in [1.807, 2.05) is 0 Å². The summed E-state index contributed by atoms with van der Waals surface area (Å²) in [4.78, 5) is 47.4. The van der Waals surface area contributed by atoms with Crippen molar-refractivity contribution in [2.45, 2.75) is 33.6 Å². The maximum atomic E-state index is 12.8. The molecule has 0 saturated carbocycles. The third-order valence-corrected chi connectivity index (χ3v) is 6.01. The Kier molecular flexibility index (Phi) is 7.71. The molecule has 35 heavy (non-hydrogen) atoms. The molecular formula is C21H20ClN5O7S. The molecule has 2 heterocycles. The summed E-state index contributed by atoms with van der Waals surface area (Å²) in [5, 5.41) is 17.6. The van der Waals surface area contributed by atoms with Gasteiger partial charge in [0.05, 0.1) is 26.5 Å². The number of nitrogens with one attached hydrogen (secondary N) is 1. The number of carbonyl (C=O) groups excluding carboxylic acids is 3. The Bertz CT molecular complexity index is 1320. The van der Waals surface area contributed by atoms with E-state index in [0.717, 1.165) is 17.4 Å². The third-order valence-electron chi connectivity index (χ3n) is 4.50. The summed E-state index contributed by atoms with van der Waals surface area (Å²) in [7, 11) is 0. The minimum Gasteiger partial charge on any atom is -0.470 e. The van der Waals surface area contributed by atoms with Crippen LogP contribution in [0.2, 0.25) is 5.02 Å². The van der Waals surface area contributed by atoms with Gasteiger partial charge in [0.15, 0.2) is 12.4 Å². The molecule has 0 atom stereocenters. The van der Waals surface area contributed by atoms with Crippen LogP contribution in [0.4, 0.5) is 10.7 Å². The summed E-state index contributed by atoms with van der Waals surface area (Å²) < 4.78 is 12.0. The van der Waals surface area contributed by atoms with Gasteiger partial charge in [0.25, 0.3) is 17.5 Å². The number of carbonyl (C=O) groups is 3. The zero-order valence-electron chi connectivity index (χ0n) is 18.7. The number of nitrogens with zero attached hydrogens (tertiary/aromatic N) is 3. The number of halogens is 1. The van der Waals surface area contributed by atoms with Crippen LogP contribution in [-0.2, 0) is 11.5 Å². The number of non-ortho nitro benzene ring substituents is 1. The molecule has 3 N–H and O–H groups in total. The molecule has 0 bridgehead atoms. The van der Waals surface area contributed by atoms with E-state index >= 15 is 0 Å². The van der Waals surface area contributed by atoms with Crippen LogP contribution in [0, 0.1) is 17.0 Å². The van der Waals surface area contributed by atoms with Crippen LogP contribution in [-0.4, -0.2) is 38.6 Å². The largest absolute Gasteiger partial charge is 0.470 e. The van der Waals surface area contributed by atoms with Crippen LogP contribution in [0.25, 0.3) is 0 Å². The summed E-state index contributed by atoms with van der Waals surface area (Å²) in [5.41, 5.74) is 5.56. The summed E-state index contributed by atoms with van der Waals surface area (Å²) in [6, 6.07) is 5.17. The van der Waals surface area contributed by atoms with Crippen LogP contribution < -0.4 is 15.8 Å². The third kappa shape index (κ3) is 5.94. The second-order valence-electron chi connectivity index (χ2n) is 7.42. The fourth-order valence-corrected chi connectivity index (χ4v) is 4.20. The number of anilines is 1. The van der Waals surface area contributed by atoms with Gasteiger partial charge in [0.1, 0.15) is 10.8 Å². The lowest BCUT2D eigenvalue weighted by Crippen LogP contribution is -2.18. The van der Waals surface area contributed by atoms with E-state index in [1.54, 1.807) is 20.8 Å². The number of thiophene rings is 1. The van der Waals surface area contributed by atoms with Crippen LogP contribution in [0.5, 0.6) is 5.75 Å². The SMILES string of the molecule is Cc1c(C(N)=O)sc(NC(=O)c2ccn(COc3ccc([N+](=O)[O-])cc3Cl)n2)c1C(=O)OC(C)C. The van der Waals surface area contributed by atoms with Gasteiger partial charge in [0.2, 0.25) is 0 Å². The van der Waals surface area contributed by atoms with Crippen LogP contribution in [0.1, 0.15) is 49.9 Å². The first-order valence-corrected chi connectivity index (χ1v) is 11.2. The zero-order chi connectivity index (χ0) is 25.9. The predicted molar refractivity (Wildman–Crippen MR) is 127 cm³/mol. The Labute approximate surface area is 207 Å². The molecule has 12 nitrogen and oxygen atoms in total. The molecule has 3 rings (SSSR count). The Balaban J connectivity index is 1.75. The van der Waals surface area contributed by atoms with Crippen LogP contribution in [0.3, 0.4) is 0 Å². The van der Waals surface area contributed by atoms with Crippen molar-refractivity contribution in [3.63, 3.8) is 0 Å². The van der Waals surface area contributed by atoms with Gasteiger partial charge in [-0.1, -0.05) is 11.6 Å². The van der Waals surface area contributed by atoms with Gasteiger partial charge >= 0.3 is 5.97 Å². The van der Waals surface area contributed by atoms with Gasteiger partial charge in [-0.15, -0.1) is 11.3 Å². The first-order chi connectivity index (χ1) is 16.5. The molecule has 0 spiro atoms. The lowest BCUT2D eigenvalue weighted by atomic mass is 10.1. The second kappa shape index (κ2) is 10.5. The lowest BCUT2D eigenvalue weighted by molar-refractivity contribution is -0.384. The first kappa shape index (κ1) is 25.6. The molecule has 0 aliphatic carbocycles. The van der Waals surface area contributed by atoms with Gasteiger partial charge in [0, 0.05) is 18.3 Å². The van der Waals surface area contributed by atoms with Crippen molar-refractivity contribution in [2.24, 2.45) is 5.73 Å². The average Bonchev–Trinajstić information content (AvgIpc) is 3.36. The predicted octanol–water partition coefficient (Wildman–Crippen LogP) is 3.77. The molecule has 184 valence electrons. The number of nitro benzene ring substituents is 1. The highest BCUT2D eigenvalue weighted by atomic mass is 35.5. The molecule has 14 heteroatoms. The molecule has 1 aromatic carbocycles. The number of hydrogen-bond acceptors (Lipinski definition) is 9. The number of rotatable bonds is 9. The summed E-state index contributed by atoms with van der Waals surface area (Å²) in [5.74, 6) is -1.89. The molecule has 2 aromatic heterocycles. The van der Waals surface area contributed by atoms with Crippen molar-refractivity contribution in [1.29, 1.82) is 0 Å². The molecule has 0 aliphatic heterocycles. The fraction of sp³-hybridized carbons (Fsp3) is 0.238. The van der Waals surface area contributed by atoms with Crippen molar-refractivity contribution in [2.75, 3.05) is 5.32 Å². The second-order valence-corrected chi connectivity index (χ2v) is 8.85. The Morgan fingerprint density at radius 3 is 2.63 bits per heavy atom. The number of benzene rings is 1. The average molecular weight is 522 g/mol. The van der Waals surface area contributed by atoms with Gasteiger partial charge in [-0.2, -0.15) is 5.10 Å². The highest BCUT2D eigenvalue weighted by molar-refractivity contribution is 7.18. The molecule has 3 aromatic rings. The monoisotopic (exact) mass is 521 g/mol. The highest BCUT2D eigenvalue weighted by Gasteiger charge is 2.27. The number of nitro groups is 1. The zero-order valence-corrected chi connectivity index (χ0v) is 20.3. The van der Waals surface area contributed by atoms with Crippen LogP contribution >= 0.6 is 22.9 Å². The van der Waals surface area contributed by atoms with E-state index in [9.17, 15) is 24.5 Å². The van der Waals surface area contributed by atoms with E-state index < -0.39 is 28.8 Å². The number of nitrogens with two attached hydrogens (primary N) is 1. The molecule has 0 aliphatic rings. The summed E-state index contributed by atoms with van der Waals surface area (Å²) >= 11 is 6.86. The van der Waals surface area contributed by atoms with Gasteiger partial charge in [-0.05, 0) is 38.5 Å². The lowest BCUT2D eigenvalue weighted by Gasteiger charge is -2.10. The fourth-order valence-electron chi connectivity index (χ4n) is 2.93.